The quantitative estimate of drug-likeness (QED) is 0.868. The van der Waals surface area contributed by atoms with Crippen LogP contribution in [-0.2, 0) is 17.9 Å². The van der Waals surface area contributed by atoms with E-state index in [0.29, 0.717) is 19.1 Å². The summed E-state index contributed by atoms with van der Waals surface area (Å²) in [6, 6.07) is 4.01. The van der Waals surface area contributed by atoms with E-state index in [4.69, 9.17) is 4.42 Å². The standard InChI is InChI=1S/C16H23N5O2/c1-12-18-13(2)21(19-12)10-14-5-3-7-20(14)11-16(22)17-9-15-6-4-8-23-15/h4,6,8,14H,3,5,7,9-11H2,1-2H3,(H,17,22)/t14-/m0/s1. The van der Waals surface area contributed by atoms with Crippen molar-refractivity contribution in [2.75, 3.05) is 13.1 Å². The van der Waals surface area contributed by atoms with Crippen LogP contribution in [0.5, 0.6) is 0 Å². The number of hydrogen-bond donors (Lipinski definition) is 1. The van der Waals surface area contributed by atoms with Crippen molar-refractivity contribution in [1.29, 1.82) is 0 Å². The van der Waals surface area contributed by atoms with Gasteiger partial charge in [0, 0.05) is 6.04 Å². The number of amides is 1. The Kier molecular flexibility index (Phi) is 4.76. The molecule has 7 heteroatoms. The van der Waals surface area contributed by atoms with Crippen LogP contribution in [0.15, 0.2) is 22.8 Å². The maximum Gasteiger partial charge on any atom is 0.234 e. The minimum atomic E-state index is 0.0276. The Hall–Kier alpha value is -2.15. The summed E-state index contributed by atoms with van der Waals surface area (Å²) in [6.45, 7) is 6.46. The molecule has 2 aromatic heterocycles. The predicted molar refractivity (Wildman–Crippen MR) is 84.6 cm³/mol. The number of nitrogens with zero attached hydrogens (tertiary/aromatic N) is 4. The predicted octanol–water partition coefficient (Wildman–Crippen LogP) is 1.27. The van der Waals surface area contributed by atoms with Crippen molar-refractivity contribution in [3.05, 3.63) is 35.8 Å². The van der Waals surface area contributed by atoms with Crippen LogP contribution in [0, 0.1) is 13.8 Å². The Morgan fingerprint density at radius 3 is 3.04 bits per heavy atom. The molecule has 1 fully saturated rings. The van der Waals surface area contributed by atoms with Crippen LogP contribution in [-0.4, -0.2) is 44.7 Å². The topological polar surface area (TPSA) is 76.2 Å². The number of hydrogen-bond acceptors (Lipinski definition) is 5. The van der Waals surface area contributed by atoms with E-state index in [9.17, 15) is 4.79 Å². The molecule has 7 nitrogen and oxygen atoms in total. The normalized spacial score (nSPS) is 18.4. The summed E-state index contributed by atoms with van der Waals surface area (Å²) in [7, 11) is 0. The van der Waals surface area contributed by atoms with Gasteiger partial charge < -0.3 is 9.73 Å². The number of carbonyl (C=O) groups is 1. The first-order valence-corrected chi connectivity index (χ1v) is 8.03. The molecule has 0 unspecified atom stereocenters. The number of rotatable bonds is 6. The van der Waals surface area contributed by atoms with Crippen LogP contribution >= 0.6 is 0 Å². The van der Waals surface area contributed by atoms with Gasteiger partial charge in [0.15, 0.2) is 0 Å². The van der Waals surface area contributed by atoms with E-state index < -0.39 is 0 Å². The zero-order valence-electron chi connectivity index (χ0n) is 13.7. The third-order valence-electron chi connectivity index (χ3n) is 4.23. The van der Waals surface area contributed by atoms with Crippen molar-refractivity contribution in [3.63, 3.8) is 0 Å². The lowest BCUT2D eigenvalue weighted by molar-refractivity contribution is -0.122. The minimum Gasteiger partial charge on any atom is -0.467 e. The summed E-state index contributed by atoms with van der Waals surface area (Å²) < 4.78 is 7.17. The molecule has 1 atom stereocenters. The van der Waals surface area contributed by atoms with E-state index in [1.54, 1.807) is 6.26 Å². The van der Waals surface area contributed by atoms with Crippen LogP contribution in [0.2, 0.25) is 0 Å². The number of aromatic nitrogens is 3. The molecule has 23 heavy (non-hydrogen) atoms. The second-order valence-electron chi connectivity index (χ2n) is 6.01. The van der Waals surface area contributed by atoms with Gasteiger partial charge in [-0.3, -0.25) is 9.69 Å². The van der Waals surface area contributed by atoms with Crippen LogP contribution < -0.4 is 5.32 Å². The van der Waals surface area contributed by atoms with Gasteiger partial charge in [0.05, 0.1) is 25.9 Å². The van der Waals surface area contributed by atoms with Gasteiger partial charge in [-0.1, -0.05) is 0 Å². The largest absolute Gasteiger partial charge is 0.467 e. The molecule has 0 aromatic carbocycles. The lowest BCUT2D eigenvalue weighted by atomic mass is 10.2. The summed E-state index contributed by atoms with van der Waals surface area (Å²) in [5.74, 6) is 2.52. The van der Waals surface area contributed by atoms with Gasteiger partial charge in [0.1, 0.15) is 17.4 Å². The van der Waals surface area contributed by atoms with Gasteiger partial charge in [0.25, 0.3) is 0 Å². The monoisotopic (exact) mass is 317 g/mol. The molecule has 0 aliphatic carbocycles. The molecule has 1 N–H and O–H groups in total. The van der Waals surface area contributed by atoms with Crippen molar-refractivity contribution in [2.24, 2.45) is 0 Å². The second-order valence-corrected chi connectivity index (χ2v) is 6.01. The molecule has 1 saturated heterocycles. The maximum absolute atomic E-state index is 12.1. The molecule has 0 saturated carbocycles. The number of furan rings is 1. The summed E-state index contributed by atoms with van der Waals surface area (Å²) in [5.41, 5.74) is 0. The van der Waals surface area contributed by atoms with Gasteiger partial charge in [-0.05, 0) is 45.4 Å². The SMILES string of the molecule is Cc1nc(C)n(C[C@@H]2CCCN2CC(=O)NCc2ccco2)n1. The van der Waals surface area contributed by atoms with E-state index in [1.807, 2.05) is 30.7 Å². The molecule has 1 amide bonds. The zero-order chi connectivity index (χ0) is 16.2. The van der Waals surface area contributed by atoms with Gasteiger partial charge in [-0.2, -0.15) is 5.10 Å². The van der Waals surface area contributed by atoms with Crippen molar-refractivity contribution in [2.45, 2.75) is 45.8 Å². The molecule has 0 radical (unpaired) electrons. The Bertz CT molecular complexity index is 649. The Balaban J connectivity index is 1.52. The summed E-state index contributed by atoms with van der Waals surface area (Å²) in [6.07, 6.45) is 3.81. The van der Waals surface area contributed by atoms with Crippen molar-refractivity contribution in [1.82, 2.24) is 25.0 Å². The Morgan fingerprint density at radius 1 is 1.48 bits per heavy atom. The second kappa shape index (κ2) is 6.95. The fourth-order valence-corrected chi connectivity index (χ4v) is 3.08. The van der Waals surface area contributed by atoms with Gasteiger partial charge in [-0.15, -0.1) is 0 Å². The third-order valence-corrected chi connectivity index (χ3v) is 4.23. The van der Waals surface area contributed by atoms with Crippen molar-refractivity contribution in [3.8, 4) is 0 Å². The molecule has 124 valence electrons. The Labute approximate surface area is 135 Å². The van der Waals surface area contributed by atoms with Crippen molar-refractivity contribution < 1.29 is 9.21 Å². The van der Waals surface area contributed by atoms with Gasteiger partial charge in [-0.25, -0.2) is 9.67 Å². The molecule has 3 heterocycles. The molecule has 1 aliphatic heterocycles. The first-order chi connectivity index (χ1) is 11.1. The van der Waals surface area contributed by atoms with E-state index in [-0.39, 0.29) is 5.91 Å². The summed E-state index contributed by atoms with van der Waals surface area (Å²) in [5, 5.41) is 7.33. The summed E-state index contributed by atoms with van der Waals surface area (Å²) >= 11 is 0. The van der Waals surface area contributed by atoms with E-state index in [2.05, 4.69) is 20.3 Å². The molecular weight excluding hydrogens is 294 g/mol. The fourth-order valence-electron chi connectivity index (χ4n) is 3.08. The highest BCUT2D eigenvalue weighted by Crippen LogP contribution is 2.18. The number of likely N-dealkylation sites (tertiary alicyclic amines) is 1. The van der Waals surface area contributed by atoms with Crippen LogP contribution in [0.3, 0.4) is 0 Å². The highest BCUT2D eigenvalue weighted by molar-refractivity contribution is 5.78. The van der Waals surface area contributed by atoms with Crippen molar-refractivity contribution >= 4 is 5.91 Å². The Morgan fingerprint density at radius 2 is 2.35 bits per heavy atom. The first-order valence-electron chi connectivity index (χ1n) is 8.03. The molecule has 0 bridgehead atoms. The van der Waals surface area contributed by atoms with E-state index >= 15 is 0 Å². The van der Waals surface area contributed by atoms with Crippen LogP contribution in [0.4, 0.5) is 0 Å². The number of carbonyl (C=O) groups excluding carboxylic acids is 1. The van der Waals surface area contributed by atoms with E-state index in [0.717, 1.165) is 43.3 Å². The summed E-state index contributed by atoms with van der Waals surface area (Å²) in [4.78, 5) is 18.7. The van der Waals surface area contributed by atoms with E-state index in [1.165, 1.54) is 0 Å². The minimum absolute atomic E-state index is 0.0276. The maximum atomic E-state index is 12.1. The lowest BCUT2D eigenvalue weighted by Crippen LogP contribution is -2.41. The fraction of sp³-hybridized carbons (Fsp3) is 0.562. The molecule has 2 aromatic rings. The van der Waals surface area contributed by atoms with Gasteiger partial charge in [0.2, 0.25) is 5.91 Å². The average Bonchev–Trinajstić information content (AvgIpc) is 3.22. The average molecular weight is 317 g/mol. The molecule has 3 rings (SSSR count). The molecule has 0 spiro atoms. The number of nitrogens with one attached hydrogen (secondary N) is 1. The van der Waals surface area contributed by atoms with Gasteiger partial charge >= 0.3 is 0 Å². The lowest BCUT2D eigenvalue weighted by Gasteiger charge is -2.23. The third kappa shape index (κ3) is 3.98. The number of aryl methyl sites for hydroxylation is 2. The highest BCUT2D eigenvalue weighted by Gasteiger charge is 2.27. The van der Waals surface area contributed by atoms with Crippen LogP contribution in [0.25, 0.3) is 0 Å². The van der Waals surface area contributed by atoms with Crippen LogP contribution in [0.1, 0.15) is 30.3 Å². The zero-order valence-corrected chi connectivity index (χ0v) is 13.7. The first kappa shape index (κ1) is 15.7. The molecular formula is C16H23N5O2. The smallest absolute Gasteiger partial charge is 0.234 e. The highest BCUT2D eigenvalue weighted by atomic mass is 16.3. The molecule has 1 aliphatic rings.